The fraction of sp³-hybridized carbons (Fsp3) is 0.833. The average Bonchev–Trinajstić information content (AvgIpc) is 2.18. The SMILES string of the molecule is C#CC(CCC)N1CC(C)NCC1C. The number of nitrogens with one attached hydrogen (secondary N) is 1. The van der Waals surface area contributed by atoms with Crippen LogP contribution in [0.3, 0.4) is 0 Å². The van der Waals surface area contributed by atoms with Crippen LogP contribution in [0.25, 0.3) is 0 Å². The molecule has 2 heteroatoms. The van der Waals surface area contributed by atoms with E-state index < -0.39 is 0 Å². The number of rotatable bonds is 3. The van der Waals surface area contributed by atoms with Gasteiger partial charge in [-0.05, 0) is 20.3 Å². The van der Waals surface area contributed by atoms with Crippen LogP contribution in [-0.2, 0) is 0 Å². The molecule has 1 heterocycles. The van der Waals surface area contributed by atoms with Crippen LogP contribution in [0.1, 0.15) is 33.6 Å². The van der Waals surface area contributed by atoms with E-state index in [0.717, 1.165) is 19.5 Å². The first-order valence-electron chi connectivity index (χ1n) is 5.64. The third kappa shape index (κ3) is 2.73. The lowest BCUT2D eigenvalue weighted by molar-refractivity contribution is 0.116. The van der Waals surface area contributed by atoms with E-state index >= 15 is 0 Å². The van der Waals surface area contributed by atoms with Gasteiger partial charge in [-0.15, -0.1) is 6.42 Å². The lowest BCUT2D eigenvalue weighted by Gasteiger charge is -2.40. The zero-order valence-corrected chi connectivity index (χ0v) is 9.59. The van der Waals surface area contributed by atoms with E-state index in [1.54, 1.807) is 0 Å². The molecule has 0 aromatic heterocycles. The molecule has 0 aromatic rings. The first-order chi connectivity index (χ1) is 6.69. The highest BCUT2D eigenvalue weighted by molar-refractivity contribution is 5.02. The summed E-state index contributed by atoms with van der Waals surface area (Å²) in [7, 11) is 0. The molecule has 1 saturated heterocycles. The molecule has 1 fully saturated rings. The molecule has 14 heavy (non-hydrogen) atoms. The molecule has 0 spiro atoms. The van der Waals surface area contributed by atoms with Crippen LogP contribution in [0.15, 0.2) is 0 Å². The Balaban J connectivity index is 2.58. The minimum absolute atomic E-state index is 0.333. The van der Waals surface area contributed by atoms with Gasteiger partial charge >= 0.3 is 0 Å². The topological polar surface area (TPSA) is 15.3 Å². The Labute approximate surface area is 88.1 Å². The number of nitrogens with zero attached hydrogens (tertiary/aromatic N) is 1. The Morgan fingerprint density at radius 3 is 2.86 bits per heavy atom. The largest absolute Gasteiger partial charge is 0.311 e. The molecule has 1 N–H and O–H groups in total. The van der Waals surface area contributed by atoms with Crippen molar-refractivity contribution >= 4 is 0 Å². The summed E-state index contributed by atoms with van der Waals surface area (Å²) in [6.07, 6.45) is 7.87. The monoisotopic (exact) mass is 194 g/mol. The fourth-order valence-corrected chi connectivity index (χ4v) is 2.10. The van der Waals surface area contributed by atoms with E-state index in [-0.39, 0.29) is 0 Å². The van der Waals surface area contributed by atoms with Gasteiger partial charge in [-0.25, -0.2) is 0 Å². The van der Waals surface area contributed by atoms with Gasteiger partial charge in [0.1, 0.15) is 0 Å². The van der Waals surface area contributed by atoms with Gasteiger partial charge in [0, 0.05) is 25.2 Å². The van der Waals surface area contributed by atoms with Crippen molar-refractivity contribution in [3.8, 4) is 12.3 Å². The molecular weight excluding hydrogens is 172 g/mol. The minimum atomic E-state index is 0.333. The zero-order chi connectivity index (χ0) is 10.6. The predicted octanol–water partition coefficient (Wildman–Crippen LogP) is 1.47. The minimum Gasteiger partial charge on any atom is -0.311 e. The standard InChI is InChI=1S/C12H22N2/c1-5-7-12(6-2)14-9-10(3)13-8-11(14)4/h2,10-13H,5,7-9H2,1,3-4H3. The molecule has 0 amide bonds. The first kappa shape index (κ1) is 11.6. The van der Waals surface area contributed by atoms with Crippen LogP contribution in [-0.4, -0.2) is 36.1 Å². The van der Waals surface area contributed by atoms with Crippen LogP contribution >= 0.6 is 0 Å². The second kappa shape index (κ2) is 5.38. The highest BCUT2D eigenvalue weighted by Crippen LogP contribution is 2.14. The average molecular weight is 194 g/mol. The number of terminal acetylenes is 1. The summed E-state index contributed by atoms with van der Waals surface area (Å²) in [6, 6.07) is 1.47. The third-order valence-corrected chi connectivity index (χ3v) is 2.97. The molecular formula is C12H22N2. The van der Waals surface area contributed by atoms with Crippen molar-refractivity contribution in [2.75, 3.05) is 13.1 Å². The summed E-state index contributed by atoms with van der Waals surface area (Å²) in [5, 5.41) is 3.47. The molecule has 1 aliphatic rings. The molecule has 3 atom stereocenters. The number of hydrogen-bond donors (Lipinski definition) is 1. The maximum Gasteiger partial charge on any atom is 0.0715 e. The van der Waals surface area contributed by atoms with Crippen molar-refractivity contribution in [3.05, 3.63) is 0 Å². The molecule has 80 valence electrons. The normalized spacial score (nSPS) is 31.0. The molecule has 1 rings (SSSR count). The Hall–Kier alpha value is -0.520. The second-order valence-corrected chi connectivity index (χ2v) is 4.33. The van der Waals surface area contributed by atoms with Crippen LogP contribution in [0, 0.1) is 12.3 Å². The second-order valence-electron chi connectivity index (χ2n) is 4.33. The Morgan fingerprint density at radius 2 is 2.29 bits per heavy atom. The van der Waals surface area contributed by atoms with Crippen molar-refractivity contribution in [3.63, 3.8) is 0 Å². The van der Waals surface area contributed by atoms with Gasteiger partial charge in [0.25, 0.3) is 0 Å². The molecule has 3 unspecified atom stereocenters. The lowest BCUT2D eigenvalue weighted by atomic mass is 10.0. The van der Waals surface area contributed by atoms with Gasteiger partial charge in [0.05, 0.1) is 6.04 Å². The summed E-state index contributed by atoms with van der Waals surface area (Å²) in [4.78, 5) is 2.46. The van der Waals surface area contributed by atoms with Crippen molar-refractivity contribution in [2.24, 2.45) is 0 Å². The zero-order valence-electron chi connectivity index (χ0n) is 9.59. The van der Waals surface area contributed by atoms with Gasteiger partial charge in [-0.1, -0.05) is 19.3 Å². The smallest absolute Gasteiger partial charge is 0.0715 e. The van der Waals surface area contributed by atoms with Crippen molar-refractivity contribution < 1.29 is 0 Å². The molecule has 2 nitrogen and oxygen atoms in total. The quantitative estimate of drug-likeness (QED) is 0.684. The highest BCUT2D eigenvalue weighted by Gasteiger charge is 2.26. The van der Waals surface area contributed by atoms with E-state index in [4.69, 9.17) is 6.42 Å². The van der Waals surface area contributed by atoms with Crippen LogP contribution in [0.4, 0.5) is 0 Å². The van der Waals surface area contributed by atoms with E-state index in [1.165, 1.54) is 6.42 Å². The number of hydrogen-bond acceptors (Lipinski definition) is 2. The predicted molar refractivity (Wildman–Crippen MR) is 61.2 cm³/mol. The van der Waals surface area contributed by atoms with Gasteiger partial charge in [-0.3, -0.25) is 4.90 Å². The molecule has 0 saturated carbocycles. The molecule has 0 aliphatic carbocycles. The Bertz CT molecular complexity index is 207. The van der Waals surface area contributed by atoms with E-state index in [9.17, 15) is 0 Å². The molecule has 0 bridgehead atoms. The fourth-order valence-electron chi connectivity index (χ4n) is 2.10. The van der Waals surface area contributed by atoms with Crippen molar-refractivity contribution in [2.45, 2.75) is 51.7 Å². The summed E-state index contributed by atoms with van der Waals surface area (Å²) >= 11 is 0. The third-order valence-electron chi connectivity index (χ3n) is 2.97. The van der Waals surface area contributed by atoms with Gasteiger partial charge in [0.15, 0.2) is 0 Å². The van der Waals surface area contributed by atoms with Crippen molar-refractivity contribution in [1.29, 1.82) is 0 Å². The van der Waals surface area contributed by atoms with E-state index in [1.807, 2.05) is 0 Å². The molecule has 1 aliphatic heterocycles. The molecule has 0 aromatic carbocycles. The molecule has 0 radical (unpaired) electrons. The number of piperazine rings is 1. The summed E-state index contributed by atoms with van der Waals surface area (Å²) in [5.74, 6) is 2.92. The van der Waals surface area contributed by atoms with Crippen LogP contribution in [0.2, 0.25) is 0 Å². The first-order valence-corrected chi connectivity index (χ1v) is 5.64. The lowest BCUT2D eigenvalue weighted by Crippen LogP contribution is -2.57. The Kier molecular flexibility index (Phi) is 4.44. The highest BCUT2D eigenvalue weighted by atomic mass is 15.2. The summed E-state index contributed by atoms with van der Waals surface area (Å²) in [5.41, 5.74) is 0. The van der Waals surface area contributed by atoms with E-state index in [2.05, 4.69) is 36.9 Å². The maximum absolute atomic E-state index is 5.59. The van der Waals surface area contributed by atoms with Gasteiger partial charge in [-0.2, -0.15) is 0 Å². The Morgan fingerprint density at radius 1 is 1.57 bits per heavy atom. The van der Waals surface area contributed by atoms with Gasteiger partial charge in [0.2, 0.25) is 0 Å². The van der Waals surface area contributed by atoms with Gasteiger partial charge < -0.3 is 5.32 Å². The summed E-state index contributed by atoms with van der Waals surface area (Å²) < 4.78 is 0. The van der Waals surface area contributed by atoms with Crippen LogP contribution < -0.4 is 5.32 Å². The van der Waals surface area contributed by atoms with Crippen molar-refractivity contribution in [1.82, 2.24) is 10.2 Å². The maximum atomic E-state index is 5.59. The van der Waals surface area contributed by atoms with E-state index in [0.29, 0.717) is 18.1 Å². The van der Waals surface area contributed by atoms with Crippen LogP contribution in [0.5, 0.6) is 0 Å². The summed E-state index contributed by atoms with van der Waals surface area (Å²) in [6.45, 7) is 8.80.